The fourth-order valence-corrected chi connectivity index (χ4v) is 2.93. The van der Waals surface area contributed by atoms with E-state index in [-0.39, 0.29) is 5.82 Å². The number of aryl methyl sites for hydroxylation is 2. The van der Waals surface area contributed by atoms with Crippen molar-refractivity contribution in [3.8, 4) is 5.75 Å². The quantitative estimate of drug-likeness (QED) is 0.920. The fourth-order valence-electron chi connectivity index (χ4n) is 2.08. The average molecular weight is 266 g/mol. The molecule has 18 heavy (non-hydrogen) atoms. The third-order valence-corrected chi connectivity index (χ3v) is 3.90. The van der Waals surface area contributed by atoms with Gasteiger partial charge in [0, 0.05) is 10.3 Å². The summed E-state index contributed by atoms with van der Waals surface area (Å²) in [5.74, 6) is 0.455. The lowest BCUT2D eigenvalue weighted by Crippen LogP contribution is -2.03. The molecule has 0 amide bonds. The van der Waals surface area contributed by atoms with Crippen molar-refractivity contribution in [2.75, 3.05) is 7.11 Å². The van der Waals surface area contributed by atoms with Crippen LogP contribution in [-0.4, -0.2) is 12.2 Å². The second-order valence-corrected chi connectivity index (χ2v) is 5.19. The summed E-state index contributed by atoms with van der Waals surface area (Å²) in [6, 6.07) is 4.68. The molecule has 0 bridgehead atoms. The van der Waals surface area contributed by atoms with Gasteiger partial charge in [-0.2, -0.15) is 0 Å². The Bertz CT molecular complexity index is 540. The maximum Gasteiger partial charge on any atom is 0.129 e. The molecule has 96 valence electrons. The first-order valence-corrected chi connectivity index (χ1v) is 6.48. The Labute approximate surface area is 110 Å². The van der Waals surface area contributed by atoms with E-state index in [2.05, 4.69) is 0 Å². The minimum Gasteiger partial charge on any atom is -0.496 e. The first kappa shape index (κ1) is 13.1. The van der Waals surface area contributed by atoms with Crippen LogP contribution in [0.15, 0.2) is 23.6 Å². The van der Waals surface area contributed by atoms with E-state index in [9.17, 15) is 9.50 Å². The maximum atomic E-state index is 13.2. The summed E-state index contributed by atoms with van der Waals surface area (Å²) >= 11 is 1.43. The van der Waals surface area contributed by atoms with Crippen LogP contribution in [0.5, 0.6) is 5.75 Å². The first-order valence-electron chi connectivity index (χ1n) is 5.60. The van der Waals surface area contributed by atoms with E-state index in [1.54, 1.807) is 27.0 Å². The molecule has 1 heterocycles. The molecule has 0 aliphatic rings. The normalized spacial score (nSPS) is 12.5. The largest absolute Gasteiger partial charge is 0.496 e. The first-order chi connectivity index (χ1) is 8.52. The number of rotatable bonds is 3. The minimum absolute atomic E-state index is 0.273. The molecule has 1 N–H and O–H groups in total. The Hall–Kier alpha value is -1.39. The van der Waals surface area contributed by atoms with Gasteiger partial charge in [0.25, 0.3) is 0 Å². The third-order valence-electron chi connectivity index (χ3n) is 2.93. The van der Waals surface area contributed by atoms with Crippen molar-refractivity contribution in [1.29, 1.82) is 0 Å². The van der Waals surface area contributed by atoms with Gasteiger partial charge in [0.15, 0.2) is 0 Å². The Morgan fingerprint density at radius 1 is 1.22 bits per heavy atom. The number of hydrogen-bond donors (Lipinski definition) is 1. The standard InChI is InChI=1S/C14H15FO2S/c1-8-4-10(15)5-9(2)13(8)14(16)12-6-11(17-3)7-18-12/h4-7,14,16H,1-3H3. The van der Waals surface area contributed by atoms with Crippen molar-refractivity contribution in [1.82, 2.24) is 0 Å². The lowest BCUT2D eigenvalue weighted by atomic mass is 9.97. The van der Waals surface area contributed by atoms with Crippen LogP contribution in [0, 0.1) is 19.7 Å². The molecule has 1 unspecified atom stereocenters. The van der Waals surface area contributed by atoms with Crippen molar-refractivity contribution in [2.45, 2.75) is 20.0 Å². The average Bonchev–Trinajstić information content (AvgIpc) is 2.75. The predicted octanol–water partition coefficient (Wildman–Crippen LogP) is 3.59. The molecule has 2 rings (SSSR count). The summed E-state index contributed by atoms with van der Waals surface area (Å²) < 4.78 is 18.3. The summed E-state index contributed by atoms with van der Waals surface area (Å²) in [6.45, 7) is 3.61. The molecule has 1 aromatic heterocycles. The monoisotopic (exact) mass is 266 g/mol. The number of aliphatic hydroxyl groups excluding tert-OH is 1. The summed E-state index contributed by atoms with van der Waals surface area (Å²) in [4.78, 5) is 0.796. The van der Waals surface area contributed by atoms with E-state index in [1.165, 1.54) is 23.5 Å². The lowest BCUT2D eigenvalue weighted by molar-refractivity contribution is 0.222. The Balaban J connectivity index is 2.42. The van der Waals surface area contributed by atoms with E-state index < -0.39 is 6.10 Å². The molecule has 1 atom stereocenters. The van der Waals surface area contributed by atoms with Gasteiger partial charge in [-0.05, 0) is 48.7 Å². The topological polar surface area (TPSA) is 29.5 Å². The highest BCUT2D eigenvalue weighted by atomic mass is 32.1. The number of halogens is 1. The molecular formula is C14H15FO2S. The summed E-state index contributed by atoms with van der Waals surface area (Å²) in [5, 5.41) is 12.2. The predicted molar refractivity (Wildman–Crippen MR) is 70.8 cm³/mol. The van der Waals surface area contributed by atoms with Crippen LogP contribution >= 0.6 is 11.3 Å². The van der Waals surface area contributed by atoms with Gasteiger partial charge in [-0.25, -0.2) is 4.39 Å². The highest BCUT2D eigenvalue weighted by molar-refractivity contribution is 7.10. The van der Waals surface area contributed by atoms with Gasteiger partial charge in [0.05, 0.1) is 7.11 Å². The molecule has 0 radical (unpaired) electrons. The lowest BCUT2D eigenvalue weighted by Gasteiger charge is -2.15. The van der Waals surface area contributed by atoms with Crippen molar-refractivity contribution in [2.24, 2.45) is 0 Å². The second-order valence-electron chi connectivity index (χ2n) is 4.24. The maximum absolute atomic E-state index is 13.2. The van der Waals surface area contributed by atoms with Crippen LogP contribution in [-0.2, 0) is 0 Å². The molecule has 4 heteroatoms. The summed E-state index contributed by atoms with van der Waals surface area (Å²) in [7, 11) is 1.59. The molecule has 0 fully saturated rings. The van der Waals surface area contributed by atoms with Crippen LogP contribution in [0.4, 0.5) is 4.39 Å². The molecule has 0 saturated heterocycles. The number of aliphatic hydroxyl groups is 1. The zero-order valence-corrected chi connectivity index (χ0v) is 11.3. The van der Waals surface area contributed by atoms with Gasteiger partial charge in [-0.15, -0.1) is 11.3 Å². The molecular weight excluding hydrogens is 251 g/mol. The molecule has 1 aromatic carbocycles. The van der Waals surface area contributed by atoms with Gasteiger partial charge in [-0.3, -0.25) is 0 Å². The summed E-state index contributed by atoms with van der Waals surface area (Å²) in [6.07, 6.45) is -0.737. The number of ether oxygens (including phenoxy) is 1. The highest BCUT2D eigenvalue weighted by Crippen LogP contribution is 2.34. The van der Waals surface area contributed by atoms with Crippen LogP contribution in [0.3, 0.4) is 0 Å². The molecule has 0 aliphatic carbocycles. The van der Waals surface area contributed by atoms with Crippen molar-refractivity contribution in [3.63, 3.8) is 0 Å². The van der Waals surface area contributed by atoms with Gasteiger partial charge >= 0.3 is 0 Å². The molecule has 2 aromatic rings. The Kier molecular flexibility index (Phi) is 3.68. The van der Waals surface area contributed by atoms with E-state index >= 15 is 0 Å². The van der Waals surface area contributed by atoms with Crippen LogP contribution < -0.4 is 4.74 Å². The van der Waals surface area contributed by atoms with E-state index in [0.29, 0.717) is 0 Å². The van der Waals surface area contributed by atoms with Crippen molar-refractivity contribution in [3.05, 3.63) is 51.0 Å². The van der Waals surface area contributed by atoms with Gasteiger partial charge in [0.1, 0.15) is 17.7 Å². The zero-order valence-electron chi connectivity index (χ0n) is 10.5. The molecule has 0 spiro atoms. The number of thiophene rings is 1. The Morgan fingerprint density at radius 2 is 1.83 bits per heavy atom. The van der Waals surface area contributed by atoms with Crippen molar-refractivity contribution >= 4 is 11.3 Å². The van der Waals surface area contributed by atoms with E-state index in [1.807, 2.05) is 5.38 Å². The summed E-state index contributed by atoms with van der Waals surface area (Å²) in [5.41, 5.74) is 2.28. The Morgan fingerprint density at radius 3 is 2.33 bits per heavy atom. The van der Waals surface area contributed by atoms with Crippen LogP contribution in [0.1, 0.15) is 27.7 Å². The minimum atomic E-state index is -0.737. The van der Waals surface area contributed by atoms with Crippen molar-refractivity contribution < 1.29 is 14.2 Å². The third kappa shape index (κ3) is 2.40. The van der Waals surface area contributed by atoms with Gasteiger partial charge in [0.2, 0.25) is 0 Å². The molecule has 2 nitrogen and oxygen atoms in total. The highest BCUT2D eigenvalue weighted by Gasteiger charge is 2.18. The fraction of sp³-hybridized carbons (Fsp3) is 0.286. The van der Waals surface area contributed by atoms with Gasteiger partial charge in [-0.1, -0.05) is 0 Å². The van der Waals surface area contributed by atoms with Gasteiger partial charge < -0.3 is 9.84 Å². The second kappa shape index (κ2) is 5.08. The number of hydrogen-bond acceptors (Lipinski definition) is 3. The van der Waals surface area contributed by atoms with E-state index in [4.69, 9.17) is 4.74 Å². The smallest absolute Gasteiger partial charge is 0.129 e. The molecule has 0 saturated carbocycles. The number of methoxy groups -OCH3 is 1. The van der Waals surface area contributed by atoms with E-state index in [0.717, 1.165) is 27.3 Å². The zero-order chi connectivity index (χ0) is 13.3. The molecule has 0 aliphatic heterocycles. The van der Waals surface area contributed by atoms with Crippen LogP contribution in [0.2, 0.25) is 0 Å². The number of benzene rings is 1. The SMILES string of the molecule is COc1csc(C(O)c2c(C)cc(F)cc2C)c1. The van der Waals surface area contributed by atoms with Crippen LogP contribution in [0.25, 0.3) is 0 Å².